The Labute approximate surface area is 250 Å². The first kappa shape index (κ1) is 31.0. The number of hydrogen-bond acceptors (Lipinski definition) is 5. The number of carbonyl (C=O) groups excluding carboxylic acids is 3. The molecule has 4 rings (SSSR count). The van der Waals surface area contributed by atoms with E-state index in [2.05, 4.69) is 20.6 Å². The lowest BCUT2D eigenvalue weighted by atomic mass is 9.84. The van der Waals surface area contributed by atoms with Crippen molar-refractivity contribution in [3.05, 3.63) is 126 Å². The highest BCUT2D eigenvalue weighted by Crippen LogP contribution is 2.21. The van der Waals surface area contributed by atoms with Gasteiger partial charge in [-0.3, -0.25) is 9.59 Å². The van der Waals surface area contributed by atoms with Gasteiger partial charge in [-0.25, -0.2) is 14.2 Å². The average molecular weight is 586 g/mol. The SMILES string of the molecule is CC(C)(CNC(=O)CN(Cc1ccc(F)cc1)C(=O)[C@H](Cc1c[nH]cn1)NC(=O)OCc1ccccc1)c1ccccc1. The zero-order valence-corrected chi connectivity index (χ0v) is 24.3. The van der Waals surface area contributed by atoms with Crippen molar-refractivity contribution in [3.63, 3.8) is 0 Å². The van der Waals surface area contributed by atoms with Crippen LogP contribution in [0.3, 0.4) is 0 Å². The number of rotatable bonds is 13. The lowest BCUT2D eigenvalue weighted by molar-refractivity contribution is -0.138. The van der Waals surface area contributed by atoms with Gasteiger partial charge in [-0.2, -0.15) is 0 Å². The molecule has 0 aliphatic heterocycles. The number of nitrogens with one attached hydrogen (secondary N) is 3. The third-order valence-corrected chi connectivity index (χ3v) is 6.99. The van der Waals surface area contributed by atoms with Gasteiger partial charge in [-0.1, -0.05) is 86.6 Å². The van der Waals surface area contributed by atoms with E-state index in [-0.39, 0.29) is 37.4 Å². The number of nitrogens with zero attached hydrogens (tertiary/aromatic N) is 2. The fraction of sp³-hybridized carbons (Fsp3) is 0.273. The Kier molecular flexibility index (Phi) is 10.6. The summed E-state index contributed by atoms with van der Waals surface area (Å²) in [5.41, 5.74) is 2.66. The molecule has 3 N–H and O–H groups in total. The van der Waals surface area contributed by atoms with Crippen molar-refractivity contribution in [2.75, 3.05) is 13.1 Å². The Morgan fingerprint density at radius 3 is 2.28 bits per heavy atom. The molecule has 0 saturated carbocycles. The van der Waals surface area contributed by atoms with Crippen LogP contribution in [0.4, 0.5) is 9.18 Å². The Balaban J connectivity index is 1.49. The van der Waals surface area contributed by atoms with Crippen molar-refractivity contribution in [2.24, 2.45) is 0 Å². The van der Waals surface area contributed by atoms with Gasteiger partial charge in [0.25, 0.3) is 0 Å². The first-order valence-corrected chi connectivity index (χ1v) is 14.0. The van der Waals surface area contributed by atoms with Crippen LogP contribution in [0, 0.1) is 5.82 Å². The van der Waals surface area contributed by atoms with Crippen molar-refractivity contribution < 1.29 is 23.5 Å². The molecule has 0 saturated heterocycles. The van der Waals surface area contributed by atoms with Gasteiger partial charge in [0, 0.05) is 31.1 Å². The van der Waals surface area contributed by atoms with Crippen molar-refractivity contribution >= 4 is 17.9 Å². The molecule has 0 fully saturated rings. The highest BCUT2D eigenvalue weighted by atomic mass is 19.1. The van der Waals surface area contributed by atoms with E-state index in [0.717, 1.165) is 11.1 Å². The molecule has 43 heavy (non-hydrogen) atoms. The zero-order chi connectivity index (χ0) is 30.7. The Morgan fingerprint density at radius 2 is 1.63 bits per heavy atom. The van der Waals surface area contributed by atoms with Crippen LogP contribution in [-0.4, -0.2) is 51.9 Å². The lowest BCUT2D eigenvalue weighted by Gasteiger charge is -2.29. The second-order valence-electron chi connectivity index (χ2n) is 10.9. The van der Waals surface area contributed by atoms with Crippen LogP contribution < -0.4 is 10.6 Å². The summed E-state index contributed by atoms with van der Waals surface area (Å²) in [7, 11) is 0. The van der Waals surface area contributed by atoms with Crippen LogP contribution >= 0.6 is 0 Å². The number of hydrogen-bond donors (Lipinski definition) is 3. The molecule has 1 heterocycles. The number of H-pyrrole nitrogens is 1. The van der Waals surface area contributed by atoms with E-state index in [0.29, 0.717) is 17.8 Å². The molecule has 3 aromatic carbocycles. The first-order valence-electron chi connectivity index (χ1n) is 14.0. The molecule has 1 aromatic heterocycles. The standard InChI is InChI=1S/C33H36FN5O4/c1-33(2,26-11-7-4-8-12-26)22-36-30(40)20-39(19-24-13-15-27(34)16-14-24)31(41)29(17-28-18-35-23-37-28)38-32(42)43-21-25-9-5-3-6-10-25/h3-16,18,23,29H,17,19-22H2,1-2H3,(H,35,37)(H,36,40)(H,38,42)/t29-/m0/s1. The van der Waals surface area contributed by atoms with E-state index in [4.69, 9.17) is 4.74 Å². The topological polar surface area (TPSA) is 116 Å². The van der Waals surface area contributed by atoms with Crippen molar-refractivity contribution in [3.8, 4) is 0 Å². The fourth-order valence-electron chi connectivity index (χ4n) is 4.50. The number of aromatic nitrogens is 2. The second-order valence-corrected chi connectivity index (χ2v) is 10.9. The molecule has 0 aliphatic carbocycles. The number of alkyl carbamates (subject to hydrolysis) is 1. The van der Waals surface area contributed by atoms with Crippen LogP contribution in [0.25, 0.3) is 0 Å². The minimum atomic E-state index is -1.08. The molecular formula is C33H36FN5O4. The van der Waals surface area contributed by atoms with Gasteiger partial charge in [-0.05, 0) is 28.8 Å². The molecular weight excluding hydrogens is 549 g/mol. The summed E-state index contributed by atoms with van der Waals surface area (Å²) in [6, 6.07) is 23.6. The highest BCUT2D eigenvalue weighted by molar-refractivity contribution is 5.89. The van der Waals surface area contributed by atoms with Gasteiger partial charge in [0.1, 0.15) is 18.5 Å². The molecule has 1 atom stereocenters. The average Bonchev–Trinajstić information content (AvgIpc) is 3.53. The lowest BCUT2D eigenvalue weighted by Crippen LogP contribution is -2.52. The Morgan fingerprint density at radius 1 is 0.953 bits per heavy atom. The van der Waals surface area contributed by atoms with Gasteiger partial charge in [0.15, 0.2) is 0 Å². The predicted molar refractivity (Wildman–Crippen MR) is 160 cm³/mol. The molecule has 224 valence electrons. The summed E-state index contributed by atoms with van der Waals surface area (Å²) < 4.78 is 19.0. The molecule has 0 aliphatic rings. The maximum Gasteiger partial charge on any atom is 0.408 e. The van der Waals surface area contributed by atoms with Gasteiger partial charge in [0.2, 0.25) is 11.8 Å². The molecule has 3 amide bonds. The number of imidazole rings is 1. The van der Waals surface area contributed by atoms with Gasteiger partial charge in [0.05, 0.1) is 18.6 Å². The summed E-state index contributed by atoms with van der Waals surface area (Å²) in [4.78, 5) is 48.4. The summed E-state index contributed by atoms with van der Waals surface area (Å²) >= 11 is 0. The zero-order valence-electron chi connectivity index (χ0n) is 24.3. The van der Waals surface area contributed by atoms with Crippen LogP contribution in [0.1, 0.15) is 36.2 Å². The maximum atomic E-state index is 14.0. The van der Waals surface area contributed by atoms with Crippen molar-refractivity contribution in [2.45, 2.75) is 44.9 Å². The fourth-order valence-corrected chi connectivity index (χ4v) is 4.50. The van der Waals surface area contributed by atoms with Crippen LogP contribution in [0.5, 0.6) is 0 Å². The van der Waals surface area contributed by atoms with Gasteiger partial charge in [-0.15, -0.1) is 0 Å². The van der Waals surface area contributed by atoms with E-state index in [1.165, 1.54) is 23.4 Å². The normalized spacial score (nSPS) is 11.8. The van der Waals surface area contributed by atoms with E-state index in [1.54, 1.807) is 18.3 Å². The number of benzene rings is 3. The second kappa shape index (κ2) is 14.8. The molecule has 0 bridgehead atoms. The first-order chi connectivity index (χ1) is 20.7. The minimum Gasteiger partial charge on any atom is -0.445 e. The molecule has 10 heteroatoms. The minimum absolute atomic E-state index is 0.0203. The molecule has 0 radical (unpaired) electrons. The molecule has 0 unspecified atom stereocenters. The number of halogens is 1. The summed E-state index contributed by atoms with van der Waals surface area (Å²) in [6.45, 7) is 4.15. The van der Waals surface area contributed by atoms with Gasteiger partial charge >= 0.3 is 6.09 Å². The summed E-state index contributed by atoms with van der Waals surface area (Å²) in [5, 5.41) is 5.60. The third-order valence-electron chi connectivity index (χ3n) is 6.99. The number of amides is 3. The summed E-state index contributed by atoms with van der Waals surface area (Å²) in [5.74, 6) is -1.30. The largest absolute Gasteiger partial charge is 0.445 e. The van der Waals surface area contributed by atoms with Crippen molar-refractivity contribution in [1.29, 1.82) is 0 Å². The van der Waals surface area contributed by atoms with Crippen molar-refractivity contribution in [1.82, 2.24) is 25.5 Å². The smallest absolute Gasteiger partial charge is 0.408 e. The van der Waals surface area contributed by atoms with E-state index in [1.807, 2.05) is 74.5 Å². The maximum absolute atomic E-state index is 14.0. The highest BCUT2D eigenvalue weighted by Gasteiger charge is 2.30. The van der Waals surface area contributed by atoms with E-state index in [9.17, 15) is 18.8 Å². The number of carbonyl (C=O) groups is 3. The van der Waals surface area contributed by atoms with Gasteiger partial charge < -0.3 is 25.3 Å². The van der Waals surface area contributed by atoms with Crippen LogP contribution in [0.2, 0.25) is 0 Å². The number of ether oxygens (including phenoxy) is 1. The molecule has 0 spiro atoms. The van der Waals surface area contributed by atoms with Crippen LogP contribution in [0.15, 0.2) is 97.5 Å². The molecule has 9 nitrogen and oxygen atoms in total. The van der Waals surface area contributed by atoms with Crippen LogP contribution in [-0.2, 0) is 39.3 Å². The monoisotopic (exact) mass is 585 g/mol. The Bertz CT molecular complexity index is 1460. The Hall–Kier alpha value is -4.99. The number of aromatic amines is 1. The molecule has 4 aromatic rings. The quantitative estimate of drug-likeness (QED) is 0.214. The van der Waals surface area contributed by atoms with E-state index >= 15 is 0 Å². The third kappa shape index (κ3) is 9.53. The van der Waals surface area contributed by atoms with E-state index < -0.39 is 23.9 Å². The summed E-state index contributed by atoms with van der Waals surface area (Å²) in [6.07, 6.45) is 2.38. The predicted octanol–water partition coefficient (Wildman–Crippen LogP) is 4.51.